The topological polar surface area (TPSA) is 53.6 Å². The van der Waals surface area contributed by atoms with Gasteiger partial charge in [0.1, 0.15) is 6.33 Å². The van der Waals surface area contributed by atoms with Crippen LogP contribution in [-0.4, -0.2) is 21.7 Å². The van der Waals surface area contributed by atoms with E-state index in [0.29, 0.717) is 0 Å². The summed E-state index contributed by atoms with van der Waals surface area (Å²) < 4.78 is 1.07. The van der Waals surface area contributed by atoms with Gasteiger partial charge in [0.2, 0.25) is 0 Å². The normalized spacial score (nSPS) is 10.7. The predicted octanol–water partition coefficient (Wildman–Crippen LogP) is 2.83. The molecule has 1 heterocycles. The Labute approximate surface area is 113 Å². The molecular formula is C11H13BrN4S. The molecule has 4 nitrogen and oxygen atoms in total. The molecule has 1 aromatic carbocycles. The highest BCUT2D eigenvalue weighted by atomic mass is 79.9. The summed E-state index contributed by atoms with van der Waals surface area (Å²) in [5, 5.41) is 10.8. The second-order valence-electron chi connectivity index (χ2n) is 3.43. The van der Waals surface area contributed by atoms with Crippen molar-refractivity contribution in [2.24, 2.45) is 0 Å². The van der Waals surface area contributed by atoms with Crippen LogP contribution in [0, 0.1) is 0 Å². The number of aromatic amines is 1. The van der Waals surface area contributed by atoms with Crippen molar-refractivity contribution in [2.75, 3.05) is 6.54 Å². The first kappa shape index (κ1) is 12.6. The molecule has 2 aromatic rings. The summed E-state index contributed by atoms with van der Waals surface area (Å²) in [7, 11) is 0. The van der Waals surface area contributed by atoms with Gasteiger partial charge in [0.25, 0.3) is 0 Å². The fourth-order valence-corrected chi connectivity index (χ4v) is 2.75. The zero-order valence-corrected chi connectivity index (χ0v) is 11.8. The van der Waals surface area contributed by atoms with Crippen LogP contribution in [0.25, 0.3) is 0 Å². The molecule has 6 heteroatoms. The van der Waals surface area contributed by atoms with E-state index < -0.39 is 0 Å². The van der Waals surface area contributed by atoms with E-state index in [-0.39, 0.29) is 0 Å². The third-order valence-electron chi connectivity index (χ3n) is 2.19. The summed E-state index contributed by atoms with van der Waals surface area (Å²) >= 11 is 5.07. The summed E-state index contributed by atoms with van der Waals surface area (Å²) in [6.45, 7) is 3.92. The maximum Gasteiger partial charge on any atom is 0.188 e. The maximum absolute atomic E-state index is 4.12. The smallest absolute Gasteiger partial charge is 0.188 e. The van der Waals surface area contributed by atoms with E-state index in [9.17, 15) is 0 Å². The summed E-state index contributed by atoms with van der Waals surface area (Å²) in [6.07, 6.45) is 1.52. The van der Waals surface area contributed by atoms with Crippen LogP contribution in [0.3, 0.4) is 0 Å². The Morgan fingerprint density at radius 3 is 3.06 bits per heavy atom. The predicted molar refractivity (Wildman–Crippen MR) is 72.0 cm³/mol. The van der Waals surface area contributed by atoms with Gasteiger partial charge in [-0.25, -0.2) is 4.98 Å². The maximum atomic E-state index is 4.12. The van der Waals surface area contributed by atoms with E-state index in [0.717, 1.165) is 22.7 Å². The monoisotopic (exact) mass is 312 g/mol. The Hall–Kier alpha value is -0.850. The number of halogens is 1. The van der Waals surface area contributed by atoms with E-state index in [1.54, 1.807) is 11.8 Å². The molecule has 0 atom stereocenters. The molecule has 0 saturated carbocycles. The average molecular weight is 313 g/mol. The first-order valence-electron chi connectivity index (χ1n) is 5.32. The lowest BCUT2D eigenvalue weighted by atomic mass is 10.2. The van der Waals surface area contributed by atoms with E-state index >= 15 is 0 Å². The molecule has 0 aliphatic heterocycles. The molecular weight excluding hydrogens is 300 g/mol. The second kappa shape index (κ2) is 6.18. The highest BCUT2D eigenvalue weighted by Crippen LogP contribution is 2.30. The molecule has 0 saturated heterocycles. The number of nitrogens with one attached hydrogen (secondary N) is 2. The summed E-state index contributed by atoms with van der Waals surface area (Å²) in [4.78, 5) is 5.30. The van der Waals surface area contributed by atoms with Gasteiger partial charge in [0.05, 0.1) is 0 Å². The lowest BCUT2D eigenvalue weighted by Crippen LogP contribution is -2.12. The van der Waals surface area contributed by atoms with Crippen LogP contribution in [0.4, 0.5) is 0 Å². The van der Waals surface area contributed by atoms with Crippen LogP contribution in [0.15, 0.2) is 39.1 Å². The van der Waals surface area contributed by atoms with Crippen LogP contribution in [0.1, 0.15) is 12.5 Å². The van der Waals surface area contributed by atoms with Gasteiger partial charge in [-0.15, -0.1) is 0 Å². The van der Waals surface area contributed by atoms with E-state index in [1.807, 2.05) is 0 Å². The first-order chi connectivity index (χ1) is 8.29. The zero-order chi connectivity index (χ0) is 12.1. The van der Waals surface area contributed by atoms with Gasteiger partial charge in [0.15, 0.2) is 5.16 Å². The number of rotatable bonds is 5. The SMILES string of the molecule is CCNCc1ccc(Br)cc1Sc1ncn[nH]1. The van der Waals surface area contributed by atoms with Crippen LogP contribution < -0.4 is 5.32 Å². The Bertz CT molecular complexity index is 472. The highest BCUT2D eigenvalue weighted by Gasteiger charge is 2.06. The van der Waals surface area contributed by atoms with Crippen molar-refractivity contribution in [3.05, 3.63) is 34.6 Å². The van der Waals surface area contributed by atoms with Crippen molar-refractivity contribution in [1.29, 1.82) is 0 Å². The Balaban J connectivity index is 2.20. The third kappa shape index (κ3) is 3.55. The van der Waals surface area contributed by atoms with Gasteiger partial charge in [-0.3, -0.25) is 5.10 Å². The lowest BCUT2D eigenvalue weighted by molar-refractivity contribution is 0.717. The van der Waals surface area contributed by atoms with Gasteiger partial charge < -0.3 is 5.32 Å². The quantitative estimate of drug-likeness (QED) is 0.891. The molecule has 0 fully saturated rings. The Morgan fingerprint density at radius 2 is 2.35 bits per heavy atom. The van der Waals surface area contributed by atoms with Crippen molar-refractivity contribution >= 4 is 27.7 Å². The van der Waals surface area contributed by atoms with E-state index in [1.165, 1.54) is 16.8 Å². The molecule has 0 unspecified atom stereocenters. The van der Waals surface area contributed by atoms with Gasteiger partial charge >= 0.3 is 0 Å². The number of benzene rings is 1. The average Bonchev–Trinajstić information content (AvgIpc) is 2.81. The molecule has 17 heavy (non-hydrogen) atoms. The third-order valence-corrected chi connectivity index (χ3v) is 3.68. The van der Waals surface area contributed by atoms with Crippen LogP contribution in [0.2, 0.25) is 0 Å². The molecule has 0 aliphatic rings. The summed E-state index contributed by atoms with van der Waals surface area (Å²) in [6, 6.07) is 6.27. The van der Waals surface area contributed by atoms with Crippen LogP contribution >= 0.6 is 27.7 Å². The molecule has 2 rings (SSSR count). The zero-order valence-electron chi connectivity index (χ0n) is 9.40. The Kier molecular flexibility index (Phi) is 4.58. The van der Waals surface area contributed by atoms with Crippen molar-refractivity contribution < 1.29 is 0 Å². The molecule has 0 bridgehead atoms. The second-order valence-corrected chi connectivity index (χ2v) is 5.37. The minimum absolute atomic E-state index is 0.806. The van der Waals surface area contributed by atoms with Crippen molar-refractivity contribution in [3.8, 4) is 0 Å². The lowest BCUT2D eigenvalue weighted by Gasteiger charge is -2.08. The largest absolute Gasteiger partial charge is 0.313 e. The van der Waals surface area contributed by atoms with Crippen LogP contribution in [0.5, 0.6) is 0 Å². The summed E-state index contributed by atoms with van der Waals surface area (Å²) in [5.41, 5.74) is 1.26. The van der Waals surface area contributed by atoms with Gasteiger partial charge in [-0.1, -0.05) is 28.9 Å². The van der Waals surface area contributed by atoms with Crippen LogP contribution in [-0.2, 0) is 6.54 Å². The Morgan fingerprint density at radius 1 is 1.47 bits per heavy atom. The van der Waals surface area contributed by atoms with Gasteiger partial charge in [0, 0.05) is 15.9 Å². The molecule has 2 N–H and O–H groups in total. The molecule has 90 valence electrons. The molecule has 0 amide bonds. The minimum Gasteiger partial charge on any atom is -0.313 e. The number of H-pyrrole nitrogens is 1. The van der Waals surface area contributed by atoms with E-state index in [2.05, 4.69) is 61.6 Å². The summed E-state index contributed by atoms with van der Waals surface area (Å²) in [5.74, 6) is 0. The highest BCUT2D eigenvalue weighted by molar-refractivity contribution is 9.10. The number of aromatic nitrogens is 3. The molecule has 0 radical (unpaired) electrons. The minimum atomic E-state index is 0.806. The number of hydrogen-bond acceptors (Lipinski definition) is 4. The number of hydrogen-bond donors (Lipinski definition) is 2. The number of nitrogens with zero attached hydrogens (tertiary/aromatic N) is 2. The standard InChI is InChI=1S/C11H13BrN4S/c1-2-13-6-8-3-4-9(12)5-10(8)17-11-14-7-15-16-11/h3-5,7,13H,2,6H2,1H3,(H,14,15,16). The van der Waals surface area contributed by atoms with Crippen molar-refractivity contribution in [1.82, 2.24) is 20.5 Å². The first-order valence-corrected chi connectivity index (χ1v) is 6.93. The van der Waals surface area contributed by atoms with Gasteiger partial charge in [-0.05, 0) is 36.0 Å². The van der Waals surface area contributed by atoms with Gasteiger partial charge in [-0.2, -0.15) is 5.10 Å². The van der Waals surface area contributed by atoms with E-state index in [4.69, 9.17) is 0 Å². The van der Waals surface area contributed by atoms with Crippen molar-refractivity contribution in [2.45, 2.75) is 23.5 Å². The molecule has 0 aliphatic carbocycles. The fourth-order valence-electron chi connectivity index (χ4n) is 1.38. The van der Waals surface area contributed by atoms with Crippen molar-refractivity contribution in [3.63, 3.8) is 0 Å². The fraction of sp³-hybridized carbons (Fsp3) is 0.273. The molecule has 0 spiro atoms. The molecule has 1 aromatic heterocycles.